The average Bonchev–Trinajstić information content (AvgIpc) is 3.19. The zero-order chi connectivity index (χ0) is 22.1. The Balaban J connectivity index is 1.54. The normalized spacial score (nSPS) is 18.5. The van der Waals surface area contributed by atoms with E-state index in [1.165, 1.54) is 0 Å². The smallest absolute Gasteiger partial charge is 0.363 e. The summed E-state index contributed by atoms with van der Waals surface area (Å²) < 4.78 is 11.0. The van der Waals surface area contributed by atoms with Gasteiger partial charge < -0.3 is 15.2 Å². The molecule has 0 bridgehead atoms. The summed E-state index contributed by atoms with van der Waals surface area (Å²) in [7, 11) is 0. The van der Waals surface area contributed by atoms with Crippen molar-refractivity contribution in [3.8, 4) is 11.8 Å². The number of hydrogen-bond acceptors (Lipinski definition) is 6. The maximum Gasteiger partial charge on any atom is 0.363 e. The number of nitrogens with zero attached hydrogens (tertiary/aromatic N) is 2. The number of nitriles is 1. The van der Waals surface area contributed by atoms with Crippen LogP contribution in [0.2, 0.25) is 0 Å². The van der Waals surface area contributed by atoms with E-state index in [2.05, 4.69) is 11.1 Å². The van der Waals surface area contributed by atoms with Crippen LogP contribution in [0.1, 0.15) is 28.2 Å². The van der Waals surface area contributed by atoms with Gasteiger partial charge in [-0.2, -0.15) is 5.26 Å². The first-order valence-corrected chi connectivity index (χ1v) is 9.98. The highest BCUT2D eigenvalue weighted by Gasteiger charge is 2.30. The van der Waals surface area contributed by atoms with E-state index in [0.717, 1.165) is 22.3 Å². The van der Waals surface area contributed by atoms with Crippen LogP contribution in [-0.2, 0) is 9.53 Å². The van der Waals surface area contributed by atoms with Crippen LogP contribution in [0, 0.1) is 11.3 Å². The Kier molecular flexibility index (Phi) is 4.77. The number of esters is 1. The number of cyclic esters (lactones) is 1. The molecule has 2 aliphatic heterocycles. The standard InChI is InChI=1S/C26H17N3O3/c27-15-20-23(19-11-4-5-12-22(19)31-24(20)28)18-10-6-7-16(13-18)14-21-26(30)32-25(29-21)17-8-2-1-3-9-17/h1-14,23H,28H2. The average molecular weight is 419 g/mol. The van der Waals surface area contributed by atoms with E-state index < -0.39 is 5.97 Å². The molecule has 3 aromatic carbocycles. The molecule has 2 N–H and O–H groups in total. The van der Waals surface area contributed by atoms with Crippen LogP contribution in [0.15, 0.2) is 101 Å². The highest BCUT2D eigenvalue weighted by atomic mass is 16.6. The lowest BCUT2D eigenvalue weighted by Crippen LogP contribution is -2.20. The lowest BCUT2D eigenvalue weighted by atomic mass is 9.83. The molecule has 0 aromatic heterocycles. The molecule has 6 heteroatoms. The Bertz CT molecular complexity index is 1360. The van der Waals surface area contributed by atoms with Gasteiger partial charge in [-0.3, -0.25) is 0 Å². The second kappa shape index (κ2) is 7.89. The molecule has 1 unspecified atom stereocenters. The van der Waals surface area contributed by atoms with Gasteiger partial charge in [-0.05, 0) is 35.4 Å². The number of para-hydroxylation sites is 1. The molecule has 1 atom stereocenters. The van der Waals surface area contributed by atoms with Crippen molar-refractivity contribution in [2.24, 2.45) is 10.7 Å². The predicted octanol–water partition coefficient (Wildman–Crippen LogP) is 4.25. The molecule has 2 heterocycles. The number of carbonyl (C=O) groups excluding carboxylic acids is 1. The lowest BCUT2D eigenvalue weighted by Gasteiger charge is -2.26. The Morgan fingerprint density at radius 3 is 2.56 bits per heavy atom. The summed E-state index contributed by atoms with van der Waals surface area (Å²) in [6.45, 7) is 0. The summed E-state index contributed by atoms with van der Waals surface area (Å²) in [5, 5.41) is 9.73. The molecule has 0 spiro atoms. The maximum absolute atomic E-state index is 12.4. The van der Waals surface area contributed by atoms with E-state index in [1.807, 2.05) is 78.9 Å². The minimum absolute atomic E-state index is 0.0939. The van der Waals surface area contributed by atoms with Crippen molar-refractivity contribution >= 4 is 17.9 Å². The van der Waals surface area contributed by atoms with Gasteiger partial charge in [0.2, 0.25) is 11.8 Å². The van der Waals surface area contributed by atoms with Gasteiger partial charge in [0.05, 0.1) is 5.92 Å². The summed E-state index contributed by atoms with van der Waals surface area (Å²) in [4.78, 5) is 16.7. The maximum atomic E-state index is 12.4. The van der Waals surface area contributed by atoms with E-state index in [1.54, 1.807) is 6.08 Å². The molecule has 0 radical (unpaired) electrons. The summed E-state index contributed by atoms with van der Waals surface area (Å²) in [6, 6.07) is 26.5. The molecule has 154 valence electrons. The summed E-state index contributed by atoms with van der Waals surface area (Å²) >= 11 is 0. The topological polar surface area (TPSA) is 97.7 Å². The molecule has 0 saturated carbocycles. The Morgan fingerprint density at radius 1 is 0.969 bits per heavy atom. The number of carbonyl (C=O) groups is 1. The summed E-state index contributed by atoms with van der Waals surface area (Å²) in [5.41, 5.74) is 9.79. The first-order chi connectivity index (χ1) is 15.6. The zero-order valence-corrected chi connectivity index (χ0v) is 16.9. The van der Waals surface area contributed by atoms with Gasteiger partial charge in [-0.15, -0.1) is 0 Å². The number of nitrogens with two attached hydrogens (primary N) is 1. The molecule has 0 fully saturated rings. The first-order valence-electron chi connectivity index (χ1n) is 9.98. The van der Waals surface area contributed by atoms with E-state index in [9.17, 15) is 10.1 Å². The number of hydrogen-bond donors (Lipinski definition) is 1. The zero-order valence-electron chi connectivity index (χ0n) is 16.9. The first kappa shape index (κ1) is 19.3. The van der Waals surface area contributed by atoms with Gasteiger partial charge in [0.1, 0.15) is 17.4 Å². The van der Waals surface area contributed by atoms with Crippen molar-refractivity contribution in [3.05, 3.63) is 118 Å². The van der Waals surface area contributed by atoms with Crippen LogP contribution < -0.4 is 10.5 Å². The molecule has 32 heavy (non-hydrogen) atoms. The second-order valence-corrected chi connectivity index (χ2v) is 7.33. The number of aliphatic imine (C=N–C) groups is 1. The lowest BCUT2D eigenvalue weighted by molar-refractivity contribution is -0.129. The molecular weight excluding hydrogens is 402 g/mol. The molecule has 0 amide bonds. The van der Waals surface area contributed by atoms with Crippen LogP contribution in [0.5, 0.6) is 5.75 Å². The van der Waals surface area contributed by atoms with Crippen LogP contribution in [0.3, 0.4) is 0 Å². The number of ether oxygens (including phenoxy) is 2. The third-order valence-electron chi connectivity index (χ3n) is 5.31. The fourth-order valence-corrected chi connectivity index (χ4v) is 3.85. The van der Waals surface area contributed by atoms with Crippen LogP contribution in [-0.4, -0.2) is 11.9 Å². The number of benzene rings is 3. The number of allylic oxidation sites excluding steroid dienone is 1. The van der Waals surface area contributed by atoms with Crippen LogP contribution >= 0.6 is 0 Å². The Hall–Kier alpha value is -4.63. The highest BCUT2D eigenvalue weighted by molar-refractivity contribution is 6.12. The number of fused-ring (bicyclic) bond motifs is 1. The fraction of sp³-hybridized carbons (Fsp3) is 0.0385. The van der Waals surface area contributed by atoms with Crippen molar-refractivity contribution < 1.29 is 14.3 Å². The summed E-state index contributed by atoms with van der Waals surface area (Å²) in [6.07, 6.45) is 1.67. The largest absolute Gasteiger partial charge is 0.440 e. The minimum atomic E-state index is -0.507. The quantitative estimate of drug-likeness (QED) is 0.506. The molecular formula is C26H17N3O3. The van der Waals surface area contributed by atoms with Gasteiger partial charge in [-0.1, -0.05) is 60.7 Å². The Labute approximate surface area is 184 Å². The molecule has 5 rings (SSSR count). The van der Waals surface area contributed by atoms with E-state index in [4.69, 9.17) is 15.2 Å². The van der Waals surface area contributed by atoms with Crippen molar-refractivity contribution in [1.29, 1.82) is 5.26 Å². The van der Waals surface area contributed by atoms with Crippen molar-refractivity contribution in [1.82, 2.24) is 0 Å². The number of rotatable bonds is 3. The van der Waals surface area contributed by atoms with E-state index >= 15 is 0 Å². The Morgan fingerprint density at radius 2 is 1.75 bits per heavy atom. The minimum Gasteiger partial charge on any atom is -0.440 e. The third kappa shape index (κ3) is 3.42. The van der Waals surface area contributed by atoms with Gasteiger partial charge in [-0.25, -0.2) is 9.79 Å². The molecule has 6 nitrogen and oxygen atoms in total. The van der Waals surface area contributed by atoms with E-state index in [0.29, 0.717) is 11.3 Å². The summed E-state index contributed by atoms with van der Waals surface area (Å²) in [5.74, 6) is 0.110. The third-order valence-corrected chi connectivity index (χ3v) is 5.31. The van der Waals surface area contributed by atoms with Gasteiger partial charge in [0, 0.05) is 11.1 Å². The van der Waals surface area contributed by atoms with Crippen molar-refractivity contribution in [3.63, 3.8) is 0 Å². The van der Waals surface area contributed by atoms with Crippen LogP contribution in [0.4, 0.5) is 0 Å². The van der Waals surface area contributed by atoms with Gasteiger partial charge in [0.15, 0.2) is 5.70 Å². The second-order valence-electron chi connectivity index (χ2n) is 7.33. The molecule has 3 aromatic rings. The van der Waals surface area contributed by atoms with Gasteiger partial charge in [0.25, 0.3) is 0 Å². The highest BCUT2D eigenvalue weighted by Crippen LogP contribution is 2.42. The van der Waals surface area contributed by atoms with Crippen molar-refractivity contribution in [2.45, 2.75) is 5.92 Å². The monoisotopic (exact) mass is 419 g/mol. The van der Waals surface area contributed by atoms with Crippen molar-refractivity contribution in [2.75, 3.05) is 0 Å². The predicted molar refractivity (Wildman–Crippen MR) is 119 cm³/mol. The van der Waals surface area contributed by atoms with E-state index in [-0.39, 0.29) is 23.4 Å². The fourth-order valence-electron chi connectivity index (χ4n) is 3.85. The molecule has 0 aliphatic carbocycles. The van der Waals surface area contributed by atoms with Gasteiger partial charge >= 0.3 is 5.97 Å². The molecule has 2 aliphatic rings. The molecule has 0 saturated heterocycles. The SMILES string of the molecule is N#CC1=C(N)Oc2ccccc2C1c1cccc(C=C2N=C(c3ccccc3)OC2=O)c1. The van der Waals surface area contributed by atoms with Crippen LogP contribution in [0.25, 0.3) is 6.08 Å².